The SMILES string of the molecule is O=CN=c1nc2c(C(F)(F)F)cccc2c2n1CCN2. The minimum atomic E-state index is -4.51. The molecule has 0 radical (unpaired) electrons. The molecule has 104 valence electrons. The Bertz CT molecular complexity index is 764. The van der Waals surface area contributed by atoms with Crippen molar-refractivity contribution in [2.75, 3.05) is 11.9 Å². The summed E-state index contributed by atoms with van der Waals surface area (Å²) >= 11 is 0. The van der Waals surface area contributed by atoms with Crippen LogP contribution in [0.5, 0.6) is 0 Å². The van der Waals surface area contributed by atoms with E-state index >= 15 is 0 Å². The van der Waals surface area contributed by atoms with E-state index in [2.05, 4.69) is 15.3 Å². The van der Waals surface area contributed by atoms with Gasteiger partial charge in [0.1, 0.15) is 5.82 Å². The van der Waals surface area contributed by atoms with Crippen LogP contribution in [0.1, 0.15) is 5.56 Å². The molecule has 3 rings (SSSR count). The standard InChI is InChI=1S/C12H9F3N4O/c13-12(14,15)8-3-1-2-7-9(8)18-11(17-6-20)19-5-4-16-10(7)19/h1-3,6,16H,4-5H2. The van der Waals surface area contributed by atoms with Crippen molar-refractivity contribution in [2.24, 2.45) is 4.99 Å². The molecule has 20 heavy (non-hydrogen) atoms. The predicted molar refractivity (Wildman–Crippen MR) is 64.9 cm³/mol. The summed E-state index contributed by atoms with van der Waals surface area (Å²) in [7, 11) is 0. The highest BCUT2D eigenvalue weighted by molar-refractivity contribution is 5.92. The highest BCUT2D eigenvalue weighted by Gasteiger charge is 2.34. The lowest BCUT2D eigenvalue weighted by Gasteiger charge is -2.12. The second kappa shape index (κ2) is 4.32. The summed E-state index contributed by atoms with van der Waals surface area (Å²) in [5.74, 6) is 0.502. The van der Waals surface area contributed by atoms with E-state index in [4.69, 9.17) is 0 Å². The first kappa shape index (κ1) is 12.6. The first-order valence-corrected chi connectivity index (χ1v) is 5.84. The number of anilines is 1. The number of rotatable bonds is 1. The van der Waals surface area contributed by atoms with Crippen LogP contribution in [-0.4, -0.2) is 22.5 Å². The molecule has 1 aliphatic heterocycles. The fraction of sp³-hybridized carbons (Fsp3) is 0.250. The average Bonchev–Trinajstić information content (AvgIpc) is 2.87. The zero-order valence-electron chi connectivity index (χ0n) is 10.1. The monoisotopic (exact) mass is 282 g/mol. The third kappa shape index (κ3) is 1.84. The van der Waals surface area contributed by atoms with Gasteiger partial charge in [0, 0.05) is 18.5 Å². The van der Waals surface area contributed by atoms with Gasteiger partial charge < -0.3 is 5.32 Å². The highest BCUT2D eigenvalue weighted by atomic mass is 19.4. The maximum Gasteiger partial charge on any atom is 0.418 e. The van der Waals surface area contributed by atoms with Crippen LogP contribution in [0.25, 0.3) is 10.9 Å². The number of nitrogens with one attached hydrogen (secondary N) is 1. The molecule has 8 heteroatoms. The van der Waals surface area contributed by atoms with E-state index in [1.807, 2.05) is 0 Å². The van der Waals surface area contributed by atoms with E-state index in [0.717, 1.165) is 6.07 Å². The molecule has 0 atom stereocenters. The van der Waals surface area contributed by atoms with Crippen molar-refractivity contribution >= 4 is 23.1 Å². The molecule has 0 spiro atoms. The molecule has 2 aromatic rings. The summed E-state index contributed by atoms with van der Waals surface area (Å²) in [6, 6.07) is 3.86. The summed E-state index contributed by atoms with van der Waals surface area (Å²) < 4.78 is 40.7. The van der Waals surface area contributed by atoms with Gasteiger partial charge in [-0.1, -0.05) is 6.07 Å². The minimum absolute atomic E-state index is 0.0239. The van der Waals surface area contributed by atoms with E-state index in [9.17, 15) is 18.0 Å². The number of benzene rings is 1. The first-order chi connectivity index (χ1) is 9.52. The van der Waals surface area contributed by atoms with Gasteiger partial charge in [-0.25, -0.2) is 4.98 Å². The van der Waals surface area contributed by atoms with E-state index in [1.165, 1.54) is 6.07 Å². The molecule has 1 amide bonds. The van der Waals surface area contributed by atoms with Crippen molar-refractivity contribution in [2.45, 2.75) is 12.7 Å². The van der Waals surface area contributed by atoms with Crippen LogP contribution in [0.4, 0.5) is 19.0 Å². The first-order valence-electron chi connectivity index (χ1n) is 5.84. The van der Waals surface area contributed by atoms with Crippen LogP contribution in [0.3, 0.4) is 0 Å². The Morgan fingerprint density at radius 2 is 2.20 bits per heavy atom. The minimum Gasteiger partial charge on any atom is -0.369 e. The molecule has 0 unspecified atom stereocenters. The highest BCUT2D eigenvalue weighted by Crippen LogP contribution is 2.35. The Balaban J connectivity index is 2.46. The van der Waals surface area contributed by atoms with Crippen LogP contribution in [-0.2, 0) is 17.5 Å². The lowest BCUT2D eigenvalue weighted by Crippen LogP contribution is -2.24. The second-order valence-electron chi connectivity index (χ2n) is 4.27. The molecule has 1 aliphatic rings. The number of fused-ring (bicyclic) bond motifs is 3. The molecular formula is C12H9F3N4O. The van der Waals surface area contributed by atoms with Crippen molar-refractivity contribution in [3.63, 3.8) is 0 Å². The third-order valence-corrected chi connectivity index (χ3v) is 3.12. The normalized spacial score (nSPS) is 15.2. The maximum atomic E-state index is 13.0. The van der Waals surface area contributed by atoms with Crippen molar-refractivity contribution in [3.05, 3.63) is 29.4 Å². The van der Waals surface area contributed by atoms with Gasteiger partial charge in [-0.05, 0) is 12.1 Å². The van der Waals surface area contributed by atoms with E-state index < -0.39 is 11.7 Å². The van der Waals surface area contributed by atoms with Crippen LogP contribution in [0.2, 0.25) is 0 Å². The molecule has 0 saturated carbocycles. The number of halogens is 3. The summed E-state index contributed by atoms with van der Waals surface area (Å²) in [4.78, 5) is 18.0. The lowest BCUT2D eigenvalue weighted by atomic mass is 10.1. The summed E-state index contributed by atoms with van der Waals surface area (Å²) in [6.45, 7) is 1.06. The molecule has 0 bridgehead atoms. The van der Waals surface area contributed by atoms with Gasteiger partial charge in [-0.15, -0.1) is 0 Å². The Morgan fingerprint density at radius 1 is 1.40 bits per heavy atom. The smallest absolute Gasteiger partial charge is 0.369 e. The number of amides is 1. The zero-order chi connectivity index (χ0) is 14.3. The Labute approximate surface area is 110 Å². The van der Waals surface area contributed by atoms with Crippen molar-refractivity contribution in [3.8, 4) is 0 Å². The molecule has 0 aliphatic carbocycles. The molecule has 2 heterocycles. The Hall–Kier alpha value is -2.38. The van der Waals surface area contributed by atoms with Gasteiger partial charge in [0.15, 0.2) is 0 Å². The quantitative estimate of drug-likeness (QED) is 0.807. The van der Waals surface area contributed by atoms with Crippen LogP contribution < -0.4 is 10.9 Å². The fourth-order valence-electron chi connectivity index (χ4n) is 2.32. The number of para-hydroxylation sites is 1. The lowest BCUT2D eigenvalue weighted by molar-refractivity contribution is -0.136. The van der Waals surface area contributed by atoms with Crippen LogP contribution in [0.15, 0.2) is 23.2 Å². The Morgan fingerprint density at radius 3 is 2.90 bits per heavy atom. The van der Waals surface area contributed by atoms with E-state index in [1.54, 1.807) is 10.6 Å². The summed E-state index contributed by atoms with van der Waals surface area (Å²) in [5, 5.41) is 3.36. The number of hydrogen-bond acceptors (Lipinski definition) is 3. The molecule has 1 N–H and O–H groups in total. The fourth-order valence-corrected chi connectivity index (χ4v) is 2.32. The summed E-state index contributed by atoms with van der Waals surface area (Å²) in [5.41, 5.74) is -1.07. The largest absolute Gasteiger partial charge is 0.418 e. The Kier molecular flexibility index (Phi) is 2.73. The van der Waals surface area contributed by atoms with Crippen molar-refractivity contribution in [1.29, 1.82) is 0 Å². The van der Waals surface area contributed by atoms with Crippen molar-refractivity contribution < 1.29 is 18.0 Å². The van der Waals surface area contributed by atoms with Gasteiger partial charge in [0.05, 0.1) is 11.1 Å². The maximum absolute atomic E-state index is 13.0. The molecule has 1 aromatic heterocycles. The number of carbonyl (C=O) groups excluding carboxylic acids is 1. The van der Waals surface area contributed by atoms with Gasteiger partial charge >= 0.3 is 6.18 Å². The van der Waals surface area contributed by atoms with Crippen LogP contribution >= 0.6 is 0 Å². The molecular weight excluding hydrogens is 273 g/mol. The predicted octanol–water partition coefficient (Wildman–Crippen LogP) is 1.54. The zero-order valence-corrected chi connectivity index (χ0v) is 10.1. The summed E-state index contributed by atoms with van der Waals surface area (Å²) in [6.07, 6.45) is -4.24. The van der Waals surface area contributed by atoms with Crippen LogP contribution in [0, 0.1) is 0 Å². The second-order valence-corrected chi connectivity index (χ2v) is 4.27. The molecule has 5 nitrogen and oxygen atoms in total. The van der Waals surface area contributed by atoms with Gasteiger partial charge in [0.2, 0.25) is 12.0 Å². The van der Waals surface area contributed by atoms with E-state index in [0.29, 0.717) is 24.3 Å². The number of hydrogen-bond donors (Lipinski definition) is 1. The average molecular weight is 282 g/mol. The van der Waals surface area contributed by atoms with Crippen molar-refractivity contribution in [1.82, 2.24) is 9.55 Å². The number of alkyl halides is 3. The number of aromatic nitrogens is 2. The van der Waals surface area contributed by atoms with Gasteiger partial charge in [0.25, 0.3) is 0 Å². The number of carbonyl (C=O) groups is 1. The number of nitrogens with zero attached hydrogens (tertiary/aromatic N) is 3. The molecule has 0 saturated heterocycles. The molecule has 0 fully saturated rings. The topological polar surface area (TPSA) is 59.3 Å². The molecule has 1 aromatic carbocycles. The van der Waals surface area contributed by atoms with E-state index in [-0.39, 0.29) is 17.5 Å². The van der Waals surface area contributed by atoms with Gasteiger partial charge in [-0.2, -0.15) is 18.2 Å². The van der Waals surface area contributed by atoms with Gasteiger partial charge in [-0.3, -0.25) is 9.36 Å². The third-order valence-electron chi connectivity index (χ3n) is 3.12.